The van der Waals surface area contributed by atoms with Crippen molar-refractivity contribution < 1.29 is 9.59 Å². The number of aromatic amines is 1. The van der Waals surface area contributed by atoms with Gasteiger partial charge in [0.05, 0.1) is 0 Å². The standard InChI is InChI=1S/C17H15N3O2/c1-11(21)19-14-3-2-4-15(10-14)20-17(22)13-6-5-12-7-8-18-16(12)9-13/h2-10,18H,1H3,(H,19,21)(H,20,22). The molecule has 3 N–H and O–H groups in total. The number of H-pyrrole nitrogens is 1. The fraction of sp³-hybridized carbons (Fsp3) is 0.0588. The van der Waals surface area contributed by atoms with Gasteiger partial charge in [0.25, 0.3) is 5.91 Å². The summed E-state index contributed by atoms with van der Waals surface area (Å²) in [5.74, 6) is -0.350. The molecule has 0 spiro atoms. The van der Waals surface area contributed by atoms with Crippen LogP contribution in [0.4, 0.5) is 11.4 Å². The topological polar surface area (TPSA) is 74.0 Å². The predicted octanol–water partition coefficient (Wildman–Crippen LogP) is 3.38. The lowest BCUT2D eigenvalue weighted by atomic mass is 10.1. The van der Waals surface area contributed by atoms with Crippen LogP contribution in [0.1, 0.15) is 17.3 Å². The smallest absolute Gasteiger partial charge is 0.255 e. The average molecular weight is 293 g/mol. The summed E-state index contributed by atoms with van der Waals surface area (Å²) >= 11 is 0. The van der Waals surface area contributed by atoms with Crippen molar-refractivity contribution in [1.29, 1.82) is 0 Å². The first-order valence-corrected chi connectivity index (χ1v) is 6.88. The van der Waals surface area contributed by atoms with Crippen LogP contribution in [0.15, 0.2) is 54.7 Å². The summed E-state index contributed by atoms with van der Waals surface area (Å²) < 4.78 is 0. The Morgan fingerprint density at radius 3 is 2.50 bits per heavy atom. The molecule has 0 saturated heterocycles. The Morgan fingerprint density at radius 2 is 1.73 bits per heavy atom. The van der Waals surface area contributed by atoms with E-state index in [9.17, 15) is 9.59 Å². The predicted molar refractivity (Wildman–Crippen MR) is 87.0 cm³/mol. The normalized spacial score (nSPS) is 10.4. The number of carbonyl (C=O) groups excluding carboxylic acids is 2. The SMILES string of the molecule is CC(=O)Nc1cccc(NC(=O)c2ccc3cc[nH]c3c2)c1. The lowest BCUT2D eigenvalue weighted by Crippen LogP contribution is -2.12. The zero-order valence-electron chi connectivity index (χ0n) is 12.0. The second kappa shape index (κ2) is 5.73. The van der Waals surface area contributed by atoms with Crippen LogP contribution in [-0.2, 0) is 4.79 Å². The van der Waals surface area contributed by atoms with Gasteiger partial charge in [-0.3, -0.25) is 9.59 Å². The van der Waals surface area contributed by atoms with Crippen molar-refractivity contribution in [3.63, 3.8) is 0 Å². The Kier molecular flexibility index (Phi) is 3.62. The monoisotopic (exact) mass is 293 g/mol. The number of fused-ring (bicyclic) bond motifs is 1. The van der Waals surface area contributed by atoms with Crippen LogP contribution in [0.3, 0.4) is 0 Å². The third kappa shape index (κ3) is 2.98. The molecule has 0 bridgehead atoms. The van der Waals surface area contributed by atoms with Crippen LogP contribution in [0.5, 0.6) is 0 Å². The Bertz CT molecular complexity index is 852. The molecule has 3 rings (SSSR count). The highest BCUT2D eigenvalue weighted by atomic mass is 16.2. The van der Waals surface area contributed by atoms with E-state index in [0.717, 1.165) is 10.9 Å². The number of benzene rings is 2. The van der Waals surface area contributed by atoms with E-state index in [0.29, 0.717) is 16.9 Å². The summed E-state index contributed by atoms with van der Waals surface area (Å²) in [7, 11) is 0. The number of carbonyl (C=O) groups is 2. The number of amides is 2. The lowest BCUT2D eigenvalue weighted by Gasteiger charge is -2.08. The summed E-state index contributed by atoms with van der Waals surface area (Å²) in [5.41, 5.74) is 2.76. The highest BCUT2D eigenvalue weighted by Crippen LogP contribution is 2.18. The second-order valence-electron chi connectivity index (χ2n) is 5.00. The molecule has 0 aliphatic carbocycles. The van der Waals surface area contributed by atoms with Gasteiger partial charge in [0.15, 0.2) is 0 Å². The van der Waals surface area contributed by atoms with Gasteiger partial charge in [0.2, 0.25) is 5.91 Å². The van der Waals surface area contributed by atoms with Crippen LogP contribution in [0.25, 0.3) is 10.9 Å². The quantitative estimate of drug-likeness (QED) is 0.692. The van der Waals surface area contributed by atoms with Crippen LogP contribution >= 0.6 is 0 Å². The van der Waals surface area contributed by atoms with E-state index >= 15 is 0 Å². The maximum Gasteiger partial charge on any atom is 0.255 e. The van der Waals surface area contributed by atoms with E-state index < -0.39 is 0 Å². The van der Waals surface area contributed by atoms with E-state index in [1.165, 1.54) is 6.92 Å². The highest BCUT2D eigenvalue weighted by Gasteiger charge is 2.08. The molecule has 3 aromatic rings. The molecule has 1 aromatic heterocycles. The van der Waals surface area contributed by atoms with E-state index in [2.05, 4.69) is 15.6 Å². The molecule has 0 unspecified atom stereocenters. The average Bonchev–Trinajstić information content (AvgIpc) is 2.94. The van der Waals surface area contributed by atoms with Gasteiger partial charge in [-0.05, 0) is 41.8 Å². The third-order valence-corrected chi connectivity index (χ3v) is 3.26. The lowest BCUT2D eigenvalue weighted by molar-refractivity contribution is -0.114. The maximum atomic E-state index is 12.3. The number of anilines is 2. The molecule has 110 valence electrons. The number of hydrogen-bond donors (Lipinski definition) is 3. The fourth-order valence-electron chi connectivity index (χ4n) is 2.27. The van der Waals surface area contributed by atoms with Crippen molar-refractivity contribution in [1.82, 2.24) is 4.98 Å². The van der Waals surface area contributed by atoms with Crippen LogP contribution in [0.2, 0.25) is 0 Å². The molecule has 0 atom stereocenters. The van der Waals surface area contributed by atoms with Gasteiger partial charge in [-0.15, -0.1) is 0 Å². The van der Waals surface area contributed by atoms with Crippen LogP contribution < -0.4 is 10.6 Å². The minimum absolute atomic E-state index is 0.152. The number of aromatic nitrogens is 1. The van der Waals surface area contributed by atoms with Crippen molar-refractivity contribution >= 4 is 34.1 Å². The molecular weight excluding hydrogens is 278 g/mol. The van der Waals surface area contributed by atoms with E-state index in [1.54, 1.807) is 30.3 Å². The van der Waals surface area contributed by atoms with Crippen molar-refractivity contribution in [2.75, 3.05) is 10.6 Å². The van der Waals surface area contributed by atoms with Gasteiger partial charge >= 0.3 is 0 Å². The Labute approximate surface area is 127 Å². The Morgan fingerprint density at radius 1 is 0.955 bits per heavy atom. The first-order valence-electron chi connectivity index (χ1n) is 6.88. The zero-order chi connectivity index (χ0) is 15.5. The molecule has 5 nitrogen and oxygen atoms in total. The molecule has 2 amide bonds. The maximum absolute atomic E-state index is 12.3. The van der Waals surface area contributed by atoms with Gasteiger partial charge < -0.3 is 15.6 Å². The van der Waals surface area contributed by atoms with Gasteiger partial charge in [-0.1, -0.05) is 12.1 Å². The van der Waals surface area contributed by atoms with Crippen molar-refractivity contribution in [3.05, 3.63) is 60.3 Å². The molecular formula is C17H15N3O2. The number of rotatable bonds is 3. The number of nitrogens with one attached hydrogen (secondary N) is 3. The van der Waals surface area contributed by atoms with Gasteiger partial charge in [0.1, 0.15) is 0 Å². The zero-order valence-corrected chi connectivity index (χ0v) is 12.0. The second-order valence-corrected chi connectivity index (χ2v) is 5.00. The van der Waals surface area contributed by atoms with Gasteiger partial charge in [-0.25, -0.2) is 0 Å². The summed E-state index contributed by atoms with van der Waals surface area (Å²) in [4.78, 5) is 26.4. The van der Waals surface area contributed by atoms with E-state index in [-0.39, 0.29) is 11.8 Å². The van der Waals surface area contributed by atoms with Crippen molar-refractivity contribution in [3.8, 4) is 0 Å². The Hall–Kier alpha value is -3.08. The Balaban J connectivity index is 1.79. The molecule has 0 radical (unpaired) electrons. The molecule has 5 heteroatoms. The molecule has 22 heavy (non-hydrogen) atoms. The van der Waals surface area contributed by atoms with Crippen LogP contribution in [-0.4, -0.2) is 16.8 Å². The third-order valence-electron chi connectivity index (χ3n) is 3.26. The number of hydrogen-bond acceptors (Lipinski definition) is 2. The molecule has 0 fully saturated rings. The minimum atomic E-state index is -0.198. The van der Waals surface area contributed by atoms with E-state index in [1.807, 2.05) is 24.4 Å². The summed E-state index contributed by atoms with van der Waals surface area (Å²) in [6.07, 6.45) is 1.84. The summed E-state index contributed by atoms with van der Waals surface area (Å²) in [6.45, 7) is 1.44. The van der Waals surface area contributed by atoms with Gasteiger partial charge in [-0.2, -0.15) is 0 Å². The molecule has 2 aromatic carbocycles. The molecule has 0 saturated carbocycles. The van der Waals surface area contributed by atoms with Crippen molar-refractivity contribution in [2.45, 2.75) is 6.92 Å². The molecule has 1 heterocycles. The van der Waals surface area contributed by atoms with Crippen molar-refractivity contribution in [2.24, 2.45) is 0 Å². The largest absolute Gasteiger partial charge is 0.361 e. The van der Waals surface area contributed by atoms with E-state index in [4.69, 9.17) is 0 Å². The molecule has 0 aliphatic rings. The minimum Gasteiger partial charge on any atom is -0.361 e. The first kappa shape index (κ1) is 13.9. The highest BCUT2D eigenvalue weighted by molar-refractivity contribution is 6.06. The van der Waals surface area contributed by atoms with Gasteiger partial charge in [0, 0.05) is 35.6 Å². The molecule has 0 aliphatic heterocycles. The summed E-state index contributed by atoms with van der Waals surface area (Å²) in [5, 5.41) is 6.57. The fourth-order valence-corrected chi connectivity index (χ4v) is 2.27. The first-order chi connectivity index (χ1) is 10.6. The summed E-state index contributed by atoms with van der Waals surface area (Å²) in [6, 6.07) is 14.5. The van der Waals surface area contributed by atoms with Crippen LogP contribution in [0, 0.1) is 0 Å².